The molecule has 0 aliphatic carbocycles. The zero-order valence-electron chi connectivity index (χ0n) is 24.3. The van der Waals surface area contributed by atoms with E-state index in [4.69, 9.17) is 0 Å². The lowest BCUT2D eigenvalue weighted by atomic mass is 9.62. The molecule has 0 fully saturated rings. The molecule has 1 aliphatic heterocycles. The highest BCUT2D eigenvalue weighted by molar-refractivity contribution is 5.89. The van der Waals surface area contributed by atoms with Gasteiger partial charge in [0.05, 0.1) is 16.8 Å². The van der Waals surface area contributed by atoms with Crippen LogP contribution in [0.25, 0.3) is 22.3 Å². The maximum Gasteiger partial charge on any atom is 0.0742 e. The van der Waals surface area contributed by atoms with Crippen LogP contribution < -0.4 is 4.90 Å². The van der Waals surface area contributed by atoms with Crippen molar-refractivity contribution in [3.05, 3.63) is 210 Å². The minimum Gasteiger partial charge on any atom is -0.310 e. The number of rotatable bonds is 5. The second-order valence-electron chi connectivity index (χ2n) is 11.3. The first-order valence-corrected chi connectivity index (χ1v) is 15.2. The van der Waals surface area contributed by atoms with Gasteiger partial charge in [-0.3, -0.25) is 0 Å². The first kappa shape index (κ1) is 26.0. The summed E-state index contributed by atoms with van der Waals surface area (Å²) in [7, 11) is 0. The monoisotopic (exact) mass is 561 g/mol. The normalized spacial score (nSPS) is 13.1. The summed E-state index contributed by atoms with van der Waals surface area (Å²) in [5.41, 5.74) is 12.9. The van der Waals surface area contributed by atoms with Crippen molar-refractivity contribution in [3.63, 3.8) is 0 Å². The van der Waals surface area contributed by atoms with Crippen molar-refractivity contribution in [3.8, 4) is 22.3 Å². The molecule has 1 nitrogen and oxygen atoms in total. The molecule has 0 aromatic heterocycles. The van der Waals surface area contributed by atoms with Crippen LogP contribution in [-0.2, 0) is 5.41 Å². The Kier molecular flexibility index (Phi) is 6.43. The summed E-state index contributed by atoms with van der Waals surface area (Å²) in [4.78, 5) is 2.42. The van der Waals surface area contributed by atoms with Gasteiger partial charge in [0, 0.05) is 5.69 Å². The van der Waals surface area contributed by atoms with Gasteiger partial charge in [-0.1, -0.05) is 164 Å². The van der Waals surface area contributed by atoms with Crippen LogP contribution in [0.4, 0.5) is 17.1 Å². The molecule has 0 saturated heterocycles. The Morgan fingerprint density at radius 3 is 1.07 bits per heavy atom. The minimum atomic E-state index is -0.525. The second-order valence-corrected chi connectivity index (χ2v) is 11.3. The fourth-order valence-electron chi connectivity index (χ4n) is 6.98. The molecule has 0 radical (unpaired) electrons. The van der Waals surface area contributed by atoms with Gasteiger partial charge in [0.1, 0.15) is 0 Å². The molecule has 44 heavy (non-hydrogen) atoms. The van der Waals surface area contributed by atoms with Crippen LogP contribution in [-0.4, -0.2) is 0 Å². The number of para-hydroxylation sites is 3. The first-order chi connectivity index (χ1) is 21.8. The van der Waals surface area contributed by atoms with E-state index in [0.717, 1.165) is 5.69 Å². The predicted octanol–water partition coefficient (Wildman–Crippen LogP) is 11.2. The van der Waals surface area contributed by atoms with Crippen molar-refractivity contribution >= 4 is 17.1 Å². The van der Waals surface area contributed by atoms with Crippen molar-refractivity contribution < 1.29 is 0 Å². The molecule has 0 spiro atoms. The van der Waals surface area contributed by atoms with E-state index in [9.17, 15) is 0 Å². The van der Waals surface area contributed by atoms with Gasteiger partial charge in [0.25, 0.3) is 0 Å². The van der Waals surface area contributed by atoms with E-state index in [2.05, 4.69) is 193 Å². The lowest BCUT2D eigenvalue weighted by molar-refractivity contribution is 0.731. The van der Waals surface area contributed by atoms with Gasteiger partial charge in [0.15, 0.2) is 0 Å². The Bertz CT molecular complexity index is 1900. The third kappa shape index (κ3) is 4.17. The third-order valence-corrected chi connectivity index (χ3v) is 8.96. The van der Waals surface area contributed by atoms with E-state index in [1.54, 1.807) is 0 Å². The smallest absolute Gasteiger partial charge is 0.0742 e. The molecule has 0 unspecified atom stereocenters. The van der Waals surface area contributed by atoms with Crippen LogP contribution in [0.1, 0.15) is 22.3 Å². The molecule has 1 aliphatic rings. The third-order valence-electron chi connectivity index (χ3n) is 8.96. The van der Waals surface area contributed by atoms with Gasteiger partial charge in [0.2, 0.25) is 0 Å². The molecule has 8 rings (SSSR count). The maximum atomic E-state index is 2.42. The molecule has 0 bridgehead atoms. The number of hydrogen-bond acceptors (Lipinski definition) is 1. The molecule has 208 valence electrons. The van der Waals surface area contributed by atoms with Crippen LogP contribution in [0.15, 0.2) is 188 Å². The van der Waals surface area contributed by atoms with E-state index < -0.39 is 5.41 Å². The summed E-state index contributed by atoms with van der Waals surface area (Å²) in [6, 6.07) is 68.3. The summed E-state index contributed by atoms with van der Waals surface area (Å²) in [6.07, 6.45) is 0. The van der Waals surface area contributed by atoms with Gasteiger partial charge in [-0.15, -0.1) is 0 Å². The van der Waals surface area contributed by atoms with Gasteiger partial charge >= 0.3 is 0 Å². The van der Waals surface area contributed by atoms with Crippen molar-refractivity contribution in [2.24, 2.45) is 0 Å². The van der Waals surface area contributed by atoms with Crippen LogP contribution in [0.3, 0.4) is 0 Å². The Balaban J connectivity index is 1.41. The highest BCUT2D eigenvalue weighted by Gasteiger charge is 2.46. The average molecular weight is 562 g/mol. The number of anilines is 3. The Morgan fingerprint density at radius 2 is 0.636 bits per heavy atom. The SMILES string of the molecule is c1ccc(-c2ccc(C3(c4ccc(-c5ccccc5)cc4)c4ccccc4N(c4ccccc4)c4ccccc43)cc2)cc1. The topological polar surface area (TPSA) is 3.24 Å². The van der Waals surface area contributed by atoms with Crippen LogP contribution in [0.5, 0.6) is 0 Å². The Labute approximate surface area is 259 Å². The lowest BCUT2D eigenvalue weighted by Crippen LogP contribution is -2.37. The predicted molar refractivity (Wildman–Crippen MR) is 184 cm³/mol. The van der Waals surface area contributed by atoms with Crippen molar-refractivity contribution in [2.75, 3.05) is 4.90 Å². The standard InChI is InChI=1S/C43H31N/c1-4-14-32(15-5-1)34-24-28-36(29-25-34)43(37-30-26-35(27-31-37)33-16-6-2-7-17-33)39-20-10-12-22-41(39)44(38-18-8-3-9-19-38)42-23-13-11-21-40(42)43/h1-31H. The molecule has 7 aromatic rings. The summed E-state index contributed by atoms with van der Waals surface area (Å²) in [5.74, 6) is 0. The fourth-order valence-corrected chi connectivity index (χ4v) is 6.98. The van der Waals surface area contributed by atoms with E-state index in [1.165, 1.54) is 55.9 Å². The van der Waals surface area contributed by atoms with Crippen molar-refractivity contribution in [1.29, 1.82) is 0 Å². The molecule has 7 aromatic carbocycles. The zero-order valence-corrected chi connectivity index (χ0v) is 24.3. The summed E-state index contributed by atoms with van der Waals surface area (Å²) in [6.45, 7) is 0. The summed E-state index contributed by atoms with van der Waals surface area (Å²) < 4.78 is 0. The van der Waals surface area contributed by atoms with Gasteiger partial charge in [-0.05, 0) is 68.8 Å². The quantitative estimate of drug-likeness (QED) is 0.202. The number of benzene rings is 7. The Hall–Kier alpha value is -5.66. The minimum absolute atomic E-state index is 0.525. The second kappa shape index (κ2) is 10.9. The fraction of sp³-hybridized carbons (Fsp3) is 0.0233. The van der Waals surface area contributed by atoms with Crippen LogP contribution in [0, 0.1) is 0 Å². The van der Waals surface area contributed by atoms with Gasteiger partial charge < -0.3 is 4.90 Å². The van der Waals surface area contributed by atoms with Crippen LogP contribution >= 0.6 is 0 Å². The molecule has 0 N–H and O–H groups in total. The van der Waals surface area contributed by atoms with Gasteiger partial charge in [-0.25, -0.2) is 0 Å². The van der Waals surface area contributed by atoms with Crippen LogP contribution in [0.2, 0.25) is 0 Å². The maximum absolute atomic E-state index is 2.42. The average Bonchev–Trinajstić information content (AvgIpc) is 3.12. The van der Waals surface area contributed by atoms with E-state index in [1.807, 2.05) is 0 Å². The Morgan fingerprint density at radius 1 is 0.295 bits per heavy atom. The zero-order chi connectivity index (χ0) is 29.3. The molecule has 1 heterocycles. The molecule has 0 amide bonds. The molecular formula is C43H31N. The number of hydrogen-bond donors (Lipinski definition) is 0. The summed E-state index contributed by atoms with van der Waals surface area (Å²) >= 11 is 0. The molecule has 0 atom stereocenters. The van der Waals surface area contributed by atoms with E-state index in [0.29, 0.717) is 0 Å². The first-order valence-electron chi connectivity index (χ1n) is 15.2. The van der Waals surface area contributed by atoms with Crippen molar-refractivity contribution in [1.82, 2.24) is 0 Å². The highest BCUT2D eigenvalue weighted by atomic mass is 15.2. The number of fused-ring (bicyclic) bond motifs is 2. The largest absolute Gasteiger partial charge is 0.310 e. The summed E-state index contributed by atoms with van der Waals surface area (Å²) in [5, 5.41) is 0. The van der Waals surface area contributed by atoms with Crippen molar-refractivity contribution in [2.45, 2.75) is 5.41 Å². The van der Waals surface area contributed by atoms with Gasteiger partial charge in [-0.2, -0.15) is 0 Å². The molecule has 0 saturated carbocycles. The number of nitrogens with zero attached hydrogens (tertiary/aromatic N) is 1. The van der Waals surface area contributed by atoms with E-state index >= 15 is 0 Å². The lowest BCUT2D eigenvalue weighted by Gasteiger charge is -2.46. The highest BCUT2D eigenvalue weighted by Crippen LogP contribution is 2.57. The molecular weight excluding hydrogens is 530 g/mol. The molecule has 1 heteroatoms. The van der Waals surface area contributed by atoms with E-state index in [-0.39, 0.29) is 0 Å².